The lowest BCUT2D eigenvalue weighted by Gasteiger charge is -2.33. The van der Waals surface area contributed by atoms with Crippen LogP contribution in [0.4, 0.5) is 5.69 Å². The summed E-state index contributed by atoms with van der Waals surface area (Å²) in [7, 11) is 0. The van der Waals surface area contributed by atoms with Crippen molar-refractivity contribution in [3.8, 4) is 17.1 Å². The van der Waals surface area contributed by atoms with Gasteiger partial charge in [-0.25, -0.2) is 9.88 Å². The van der Waals surface area contributed by atoms with E-state index in [1.165, 1.54) is 18.7 Å². The second kappa shape index (κ2) is 7.41. The number of amides is 1. The average Bonchev–Trinajstić information content (AvgIpc) is 2.67. The SMILES string of the molecule is CCSc1nc([O-])c2[n+](n1)C(c1ccccc1Cl)N(C(C)=O)c1ccccc1-2. The van der Waals surface area contributed by atoms with Gasteiger partial charge in [-0.15, -0.1) is 0 Å². The molecule has 0 N–H and O–H groups in total. The van der Waals surface area contributed by atoms with Crippen molar-refractivity contribution in [3.63, 3.8) is 0 Å². The summed E-state index contributed by atoms with van der Waals surface area (Å²) in [5.74, 6) is 0.174. The molecule has 8 heteroatoms. The van der Waals surface area contributed by atoms with Crippen LogP contribution >= 0.6 is 23.4 Å². The number of para-hydroxylation sites is 1. The molecule has 0 saturated heterocycles. The molecule has 0 radical (unpaired) electrons. The predicted molar refractivity (Wildman–Crippen MR) is 106 cm³/mol. The van der Waals surface area contributed by atoms with Crippen molar-refractivity contribution in [2.75, 3.05) is 10.7 Å². The van der Waals surface area contributed by atoms with Gasteiger partial charge in [0.05, 0.1) is 27.7 Å². The molecule has 0 fully saturated rings. The third kappa shape index (κ3) is 3.00. The molecule has 4 rings (SSSR count). The van der Waals surface area contributed by atoms with Gasteiger partial charge >= 0.3 is 0 Å². The highest BCUT2D eigenvalue weighted by Crippen LogP contribution is 2.41. The molecule has 6 nitrogen and oxygen atoms in total. The molecule has 1 atom stereocenters. The summed E-state index contributed by atoms with van der Waals surface area (Å²) in [6.07, 6.45) is -0.678. The third-order valence-electron chi connectivity index (χ3n) is 4.51. The second-order valence-electron chi connectivity index (χ2n) is 6.23. The first-order valence-electron chi connectivity index (χ1n) is 8.80. The van der Waals surface area contributed by atoms with Gasteiger partial charge in [-0.05, 0) is 30.0 Å². The fourth-order valence-corrected chi connectivity index (χ4v) is 4.22. The van der Waals surface area contributed by atoms with E-state index in [1.807, 2.05) is 43.3 Å². The first-order chi connectivity index (χ1) is 13.5. The Labute approximate surface area is 171 Å². The molecule has 28 heavy (non-hydrogen) atoms. The zero-order valence-electron chi connectivity index (χ0n) is 15.3. The molecular weight excluding hydrogens is 396 g/mol. The van der Waals surface area contributed by atoms with E-state index in [0.29, 0.717) is 32.7 Å². The molecule has 1 aliphatic rings. The maximum Gasteiger partial charge on any atom is 0.294 e. The first-order valence-corrected chi connectivity index (χ1v) is 10.2. The Kier molecular flexibility index (Phi) is 4.95. The molecule has 3 aromatic rings. The second-order valence-corrected chi connectivity index (χ2v) is 7.87. The molecule has 1 amide bonds. The van der Waals surface area contributed by atoms with Crippen LogP contribution in [0.15, 0.2) is 53.7 Å². The quantitative estimate of drug-likeness (QED) is 0.488. The van der Waals surface area contributed by atoms with Crippen molar-refractivity contribution in [1.82, 2.24) is 10.1 Å². The first kappa shape index (κ1) is 18.7. The number of hydrogen-bond donors (Lipinski definition) is 0. The van der Waals surface area contributed by atoms with Gasteiger partial charge in [-0.3, -0.25) is 4.79 Å². The Hall–Kier alpha value is -2.64. The molecule has 2 heterocycles. The van der Waals surface area contributed by atoms with Crippen LogP contribution in [-0.2, 0) is 4.79 Å². The average molecular weight is 413 g/mol. The monoisotopic (exact) mass is 412 g/mol. The van der Waals surface area contributed by atoms with E-state index < -0.39 is 6.17 Å². The summed E-state index contributed by atoms with van der Waals surface area (Å²) in [5, 5.41) is 18.4. The minimum absolute atomic E-state index is 0.175. The molecule has 0 saturated carbocycles. The number of fused-ring (bicyclic) bond motifs is 3. The van der Waals surface area contributed by atoms with Gasteiger partial charge in [-0.1, -0.05) is 59.2 Å². The molecule has 0 spiro atoms. The summed E-state index contributed by atoms with van der Waals surface area (Å²) in [5.41, 5.74) is 2.29. The highest BCUT2D eigenvalue weighted by molar-refractivity contribution is 7.99. The van der Waals surface area contributed by atoms with Crippen LogP contribution < -0.4 is 14.7 Å². The largest absolute Gasteiger partial charge is 0.854 e. The fraction of sp³-hybridized carbons (Fsp3) is 0.200. The van der Waals surface area contributed by atoms with Gasteiger partial charge in [0.2, 0.25) is 5.91 Å². The van der Waals surface area contributed by atoms with Crippen LogP contribution in [0, 0.1) is 0 Å². The lowest BCUT2D eigenvalue weighted by Crippen LogP contribution is -2.58. The standard InChI is InChI=1S/C20H17ClN4O2S/c1-3-28-20-22-18(27)17-14-9-5-7-11-16(14)24(12(2)26)19(25(17)23-20)13-8-4-6-10-15(13)21/h4-11,19H,3H2,1-2H3. The number of rotatable bonds is 3. The smallest absolute Gasteiger partial charge is 0.294 e. The number of carbonyl (C=O) groups is 1. The molecule has 0 aliphatic carbocycles. The number of aromatic nitrogens is 3. The number of benzene rings is 2. The van der Waals surface area contributed by atoms with Crippen molar-refractivity contribution < 1.29 is 14.6 Å². The van der Waals surface area contributed by atoms with Crippen LogP contribution in [0.25, 0.3) is 11.3 Å². The van der Waals surface area contributed by atoms with Crippen LogP contribution in [0.3, 0.4) is 0 Å². The predicted octanol–water partition coefficient (Wildman–Crippen LogP) is 3.18. The van der Waals surface area contributed by atoms with Gasteiger partial charge < -0.3 is 5.11 Å². The lowest BCUT2D eigenvalue weighted by molar-refractivity contribution is -0.764. The zero-order chi connectivity index (χ0) is 19.8. The van der Waals surface area contributed by atoms with E-state index in [0.717, 1.165) is 5.75 Å². The maximum absolute atomic E-state index is 12.9. The van der Waals surface area contributed by atoms with Crippen molar-refractivity contribution >= 4 is 35.0 Å². The number of halogens is 1. The number of anilines is 1. The highest BCUT2D eigenvalue weighted by atomic mass is 35.5. The Morgan fingerprint density at radius 3 is 2.68 bits per heavy atom. The molecule has 2 aromatic carbocycles. The van der Waals surface area contributed by atoms with Crippen molar-refractivity contribution in [1.29, 1.82) is 0 Å². The van der Waals surface area contributed by atoms with Crippen molar-refractivity contribution in [3.05, 3.63) is 59.1 Å². The highest BCUT2D eigenvalue weighted by Gasteiger charge is 2.44. The van der Waals surface area contributed by atoms with Crippen molar-refractivity contribution in [2.45, 2.75) is 25.2 Å². The summed E-state index contributed by atoms with van der Waals surface area (Å²) in [4.78, 5) is 18.5. The summed E-state index contributed by atoms with van der Waals surface area (Å²) >= 11 is 7.86. The molecule has 1 aliphatic heterocycles. The molecular formula is C20H17ClN4O2S. The van der Waals surface area contributed by atoms with Crippen LogP contribution in [0.1, 0.15) is 25.6 Å². The number of hydrogen-bond acceptors (Lipinski definition) is 5. The fourth-order valence-electron chi connectivity index (χ4n) is 3.43. The normalized spacial score (nSPS) is 15.1. The third-order valence-corrected chi connectivity index (χ3v) is 5.58. The zero-order valence-corrected chi connectivity index (χ0v) is 16.9. The number of nitrogens with zero attached hydrogens (tertiary/aromatic N) is 4. The van der Waals surface area contributed by atoms with Gasteiger partial charge in [0.1, 0.15) is 0 Å². The minimum Gasteiger partial charge on any atom is -0.854 e. The Balaban J connectivity index is 2.08. The van der Waals surface area contributed by atoms with Crippen LogP contribution in [0.2, 0.25) is 5.02 Å². The summed E-state index contributed by atoms with van der Waals surface area (Å²) in [6, 6.07) is 14.6. The van der Waals surface area contributed by atoms with E-state index in [4.69, 9.17) is 11.6 Å². The van der Waals surface area contributed by atoms with Gasteiger partial charge in [0.25, 0.3) is 17.0 Å². The maximum atomic E-state index is 12.9. The Morgan fingerprint density at radius 1 is 1.25 bits per heavy atom. The van der Waals surface area contributed by atoms with Gasteiger partial charge in [-0.2, -0.15) is 0 Å². The Bertz CT molecular complexity index is 1080. The van der Waals surface area contributed by atoms with Crippen LogP contribution in [-0.4, -0.2) is 21.7 Å². The van der Waals surface area contributed by atoms with E-state index in [1.54, 1.807) is 21.7 Å². The van der Waals surface area contributed by atoms with E-state index in [-0.39, 0.29) is 11.8 Å². The number of carbonyl (C=O) groups excluding carboxylic acids is 1. The van der Waals surface area contributed by atoms with Crippen LogP contribution in [0.5, 0.6) is 5.88 Å². The topological polar surface area (TPSA) is 73.0 Å². The van der Waals surface area contributed by atoms with E-state index in [9.17, 15) is 9.90 Å². The lowest BCUT2D eigenvalue weighted by atomic mass is 10.0. The molecule has 0 bridgehead atoms. The number of thioether (sulfide) groups is 1. The summed E-state index contributed by atoms with van der Waals surface area (Å²) in [6.45, 7) is 3.46. The molecule has 1 unspecified atom stereocenters. The van der Waals surface area contributed by atoms with Gasteiger partial charge in [0.15, 0.2) is 0 Å². The molecule has 142 valence electrons. The van der Waals surface area contributed by atoms with Gasteiger partial charge in [0, 0.05) is 12.0 Å². The summed E-state index contributed by atoms with van der Waals surface area (Å²) < 4.78 is 1.58. The van der Waals surface area contributed by atoms with Crippen molar-refractivity contribution in [2.24, 2.45) is 0 Å². The molecule has 1 aromatic heterocycles. The van der Waals surface area contributed by atoms with E-state index in [2.05, 4.69) is 10.1 Å². The minimum atomic E-state index is -0.678. The van der Waals surface area contributed by atoms with E-state index >= 15 is 0 Å². The Morgan fingerprint density at radius 2 is 1.96 bits per heavy atom.